The Balaban J connectivity index is 1.22. The van der Waals surface area contributed by atoms with Crippen LogP contribution in [0.4, 0.5) is 33.6 Å². The van der Waals surface area contributed by atoms with Crippen molar-refractivity contribution < 1.29 is 35.5 Å². The largest absolute Gasteiger partial charge is 0.401 e. The van der Waals surface area contributed by atoms with E-state index in [4.69, 9.17) is 11.6 Å². The summed E-state index contributed by atoms with van der Waals surface area (Å²) >= 11 is 6.11. The van der Waals surface area contributed by atoms with Gasteiger partial charge >= 0.3 is 6.18 Å². The number of anilines is 2. The molecular weight excluding hydrogens is 641 g/mol. The number of aliphatic hydroxyl groups excluding tert-OH is 1. The van der Waals surface area contributed by atoms with E-state index in [0.29, 0.717) is 47.7 Å². The zero-order chi connectivity index (χ0) is 32.1. The van der Waals surface area contributed by atoms with Crippen molar-refractivity contribution in [1.82, 2.24) is 14.9 Å². The van der Waals surface area contributed by atoms with Crippen molar-refractivity contribution in [3.8, 4) is 11.1 Å². The number of piperidine rings is 1. The van der Waals surface area contributed by atoms with Crippen LogP contribution < -0.4 is 10.0 Å². The van der Waals surface area contributed by atoms with Crippen LogP contribution in [0.5, 0.6) is 0 Å². The molecule has 6 rings (SSSR count). The highest BCUT2D eigenvalue weighted by Gasteiger charge is 2.33. The van der Waals surface area contributed by atoms with Crippen LogP contribution in [0, 0.1) is 11.6 Å². The molecule has 1 aliphatic heterocycles. The molecule has 15 heteroatoms. The molecule has 45 heavy (non-hydrogen) atoms. The van der Waals surface area contributed by atoms with Crippen LogP contribution in [-0.2, 0) is 16.4 Å². The summed E-state index contributed by atoms with van der Waals surface area (Å²) in [7, 11) is -4.37. The molecule has 238 valence electrons. The summed E-state index contributed by atoms with van der Waals surface area (Å²) < 4.78 is 97.7. The molecule has 1 saturated heterocycles. The molecule has 2 aliphatic rings. The second-order valence-electron chi connectivity index (χ2n) is 11.2. The maximum absolute atomic E-state index is 15.8. The lowest BCUT2D eigenvalue weighted by molar-refractivity contribution is -0.147. The van der Waals surface area contributed by atoms with E-state index in [1.54, 1.807) is 6.07 Å². The molecule has 0 spiro atoms. The highest BCUT2D eigenvalue weighted by atomic mass is 35.5. The molecule has 2 heterocycles. The molecular formula is C30H27ClF5N5O3S. The highest BCUT2D eigenvalue weighted by molar-refractivity contribution is 7.92. The Morgan fingerprint density at radius 2 is 1.80 bits per heavy atom. The van der Waals surface area contributed by atoms with E-state index in [-0.39, 0.29) is 40.6 Å². The number of benzene rings is 3. The fourth-order valence-electron chi connectivity index (χ4n) is 5.90. The maximum Gasteiger partial charge on any atom is 0.401 e. The van der Waals surface area contributed by atoms with Gasteiger partial charge < -0.3 is 10.4 Å². The van der Waals surface area contributed by atoms with E-state index in [9.17, 15) is 26.7 Å². The first-order valence-corrected chi connectivity index (χ1v) is 16.0. The van der Waals surface area contributed by atoms with Gasteiger partial charge in [0.2, 0.25) is 5.95 Å². The normalized spacial score (nSPS) is 17.9. The minimum atomic E-state index is -4.37. The molecule has 8 nitrogen and oxygen atoms in total. The van der Waals surface area contributed by atoms with Crippen LogP contribution in [0.15, 0.2) is 53.6 Å². The van der Waals surface area contributed by atoms with Gasteiger partial charge in [0.15, 0.2) is 5.82 Å². The first kappa shape index (κ1) is 31.4. The van der Waals surface area contributed by atoms with Crippen molar-refractivity contribution in [3.05, 3.63) is 76.4 Å². The predicted molar refractivity (Wildman–Crippen MR) is 160 cm³/mol. The van der Waals surface area contributed by atoms with Gasteiger partial charge in [0.05, 0.1) is 34.3 Å². The topological polar surface area (TPSA) is 107 Å². The Bertz CT molecular complexity index is 1880. The number of halogens is 6. The fraction of sp³-hybridized carbons (Fsp3) is 0.333. The number of aromatic nitrogens is 2. The van der Waals surface area contributed by atoms with Gasteiger partial charge in [-0.15, -0.1) is 0 Å². The first-order chi connectivity index (χ1) is 21.3. The molecule has 0 bridgehead atoms. The average molecular weight is 668 g/mol. The van der Waals surface area contributed by atoms with Crippen molar-refractivity contribution in [2.75, 3.05) is 29.7 Å². The SMILES string of the molecule is O=S(=O)(Nc1ccc(F)c(-c2ccc3nc(NC4CCN(CC(F)(F)F)CC4)ncc3c2)c1F)c1cc(Cl)cc2c1CCC2O. The summed E-state index contributed by atoms with van der Waals surface area (Å²) in [6.07, 6.45) is -2.07. The molecule has 0 saturated carbocycles. The highest BCUT2D eigenvalue weighted by Crippen LogP contribution is 2.39. The summed E-state index contributed by atoms with van der Waals surface area (Å²) in [5.74, 6) is -1.77. The molecule has 3 N–H and O–H groups in total. The summed E-state index contributed by atoms with van der Waals surface area (Å²) in [6, 6.07) is 9.01. The number of alkyl halides is 3. The maximum atomic E-state index is 15.8. The van der Waals surface area contributed by atoms with E-state index in [0.717, 1.165) is 12.1 Å². The Morgan fingerprint density at radius 3 is 2.53 bits per heavy atom. The Hall–Kier alpha value is -3.59. The van der Waals surface area contributed by atoms with E-state index in [2.05, 4.69) is 20.0 Å². The van der Waals surface area contributed by atoms with Gasteiger partial charge in [-0.25, -0.2) is 27.2 Å². The third kappa shape index (κ3) is 6.69. The molecule has 4 aromatic rings. The minimum Gasteiger partial charge on any atom is -0.388 e. The number of aliphatic hydroxyl groups is 1. The van der Waals surface area contributed by atoms with Crippen LogP contribution in [0.2, 0.25) is 5.02 Å². The molecule has 0 radical (unpaired) electrons. The summed E-state index contributed by atoms with van der Waals surface area (Å²) in [6.45, 7) is -0.380. The lowest BCUT2D eigenvalue weighted by atomic mass is 10.0. The zero-order valence-electron chi connectivity index (χ0n) is 23.5. The average Bonchev–Trinajstić information content (AvgIpc) is 3.34. The molecule has 1 fully saturated rings. The zero-order valence-corrected chi connectivity index (χ0v) is 25.1. The van der Waals surface area contributed by atoms with Crippen LogP contribution >= 0.6 is 11.6 Å². The van der Waals surface area contributed by atoms with Gasteiger partial charge in [0.1, 0.15) is 5.82 Å². The minimum absolute atomic E-state index is 0.0957. The van der Waals surface area contributed by atoms with Gasteiger partial charge in [-0.3, -0.25) is 9.62 Å². The van der Waals surface area contributed by atoms with Gasteiger partial charge in [-0.1, -0.05) is 17.7 Å². The van der Waals surface area contributed by atoms with Gasteiger partial charge in [-0.2, -0.15) is 13.2 Å². The molecule has 1 aliphatic carbocycles. The molecule has 3 aromatic carbocycles. The van der Waals surface area contributed by atoms with Crippen molar-refractivity contribution >= 4 is 44.2 Å². The Labute approximate surface area is 260 Å². The van der Waals surface area contributed by atoms with Crippen molar-refractivity contribution in [2.45, 2.75) is 48.9 Å². The number of nitrogens with zero attached hydrogens (tertiary/aromatic N) is 3. The summed E-state index contributed by atoms with van der Waals surface area (Å²) in [4.78, 5) is 9.89. The van der Waals surface area contributed by atoms with Crippen molar-refractivity contribution in [2.24, 2.45) is 0 Å². The number of nitrogens with one attached hydrogen (secondary N) is 2. The Morgan fingerprint density at radius 1 is 1.04 bits per heavy atom. The van der Waals surface area contributed by atoms with E-state index in [1.165, 1.54) is 35.4 Å². The van der Waals surface area contributed by atoms with Gasteiger partial charge in [-0.05, 0) is 78.8 Å². The smallest absolute Gasteiger partial charge is 0.388 e. The summed E-state index contributed by atoms with van der Waals surface area (Å²) in [5.41, 5.74) is 0.420. The lowest BCUT2D eigenvalue weighted by Gasteiger charge is -2.32. The number of sulfonamides is 1. The molecule has 1 unspecified atom stereocenters. The van der Waals surface area contributed by atoms with E-state index >= 15 is 8.78 Å². The number of fused-ring (bicyclic) bond motifs is 2. The second kappa shape index (κ2) is 12.0. The molecule has 1 atom stereocenters. The quantitative estimate of drug-likeness (QED) is 0.195. The van der Waals surface area contributed by atoms with Crippen LogP contribution in [0.25, 0.3) is 22.0 Å². The number of hydrogen-bond acceptors (Lipinski definition) is 7. The summed E-state index contributed by atoms with van der Waals surface area (Å²) in [5, 5.41) is 13.9. The third-order valence-electron chi connectivity index (χ3n) is 8.05. The van der Waals surface area contributed by atoms with Gasteiger partial charge in [0.25, 0.3) is 10.0 Å². The lowest BCUT2D eigenvalue weighted by Crippen LogP contribution is -2.43. The van der Waals surface area contributed by atoms with E-state index in [1.807, 2.05) is 0 Å². The number of rotatable bonds is 7. The monoisotopic (exact) mass is 667 g/mol. The van der Waals surface area contributed by atoms with Gasteiger partial charge in [0, 0.05) is 35.7 Å². The van der Waals surface area contributed by atoms with E-state index < -0.39 is 51.7 Å². The molecule has 0 amide bonds. The van der Waals surface area contributed by atoms with Crippen LogP contribution in [0.3, 0.4) is 0 Å². The van der Waals surface area contributed by atoms with Crippen LogP contribution in [-0.4, -0.2) is 60.2 Å². The third-order valence-corrected chi connectivity index (χ3v) is 9.70. The second-order valence-corrected chi connectivity index (χ2v) is 13.3. The number of likely N-dealkylation sites (tertiary alicyclic amines) is 1. The van der Waals surface area contributed by atoms with Crippen LogP contribution in [0.1, 0.15) is 36.5 Å². The van der Waals surface area contributed by atoms with Crippen molar-refractivity contribution in [3.63, 3.8) is 0 Å². The number of hydrogen-bond donors (Lipinski definition) is 3. The standard InChI is InChI=1S/C30H27ClF5N5O3S/c31-18-12-21-20(2-6-25(21)42)26(13-18)45(43,44)40-24-5-3-22(32)27(28(24)33)16-1-4-23-17(11-16)14-37-29(39-23)38-19-7-9-41(10-8-19)15-30(34,35)36/h1,3-5,11-14,19,25,40,42H,2,6-10,15H2,(H,37,38,39). The first-order valence-electron chi connectivity index (χ1n) is 14.1. The fourth-order valence-corrected chi connectivity index (χ4v) is 7.57. The molecule has 1 aromatic heterocycles. The Kier molecular flexibility index (Phi) is 8.35. The van der Waals surface area contributed by atoms with Crippen molar-refractivity contribution in [1.29, 1.82) is 0 Å². The predicted octanol–water partition coefficient (Wildman–Crippen LogP) is 6.45.